The van der Waals surface area contributed by atoms with E-state index in [9.17, 15) is 4.39 Å². The first-order valence-corrected chi connectivity index (χ1v) is 6.13. The van der Waals surface area contributed by atoms with Gasteiger partial charge in [0.05, 0.1) is 21.8 Å². The summed E-state index contributed by atoms with van der Waals surface area (Å²) in [6.07, 6.45) is 2.04. The minimum absolute atomic E-state index is 0.269. The second-order valence-corrected chi connectivity index (χ2v) is 4.80. The van der Waals surface area contributed by atoms with Crippen LogP contribution in [-0.2, 0) is 6.42 Å². The van der Waals surface area contributed by atoms with Crippen molar-refractivity contribution in [3.63, 3.8) is 0 Å². The average Bonchev–Trinajstić information content (AvgIpc) is 2.32. The molecule has 94 valence electrons. The quantitative estimate of drug-likeness (QED) is 0.932. The van der Waals surface area contributed by atoms with Crippen molar-refractivity contribution < 1.29 is 4.39 Å². The van der Waals surface area contributed by atoms with Crippen LogP contribution in [-0.4, -0.2) is 4.98 Å². The van der Waals surface area contributed by atoms with E-state index in [1.54, 1.807) is 18.2 Å². The van der Waals surface area contributed by atoms with Crippen LogP contribution >= 0.6 is 23.2 Å². The Morgan fingerprint density at radius 1 is 1.22 bits per heavy atom. The Bertz CT molecular complexity index is 543. The molecular formula is C13H11Cl2FN2. The summed E-state index contributed by atoms with van der Waals surface area (Å²) >= 11 is 11.8. The largest absolute Gasteiger partial charge is 0.322 e. The highest BCUT2D eigenvalue weighted by Gasteiger charge is 2.13. The average molecular weight is 285 g/mol. The molecule has 0 fully saturated rings. The zero-order chi connectivity index (χ0) is 13.1. The molecule has 1 aromatic heterocycles. The number of nitrogens with two attached hydrogens (primary N) is 1. The molecule has 0 saturated carbocycles. The zero-order valence-corrected chi connectivity index (χ0v) is 10.9. The lowest BCUT2D eigenvalue weighted by atomic mass is 10.0. The van der Waals surface area contributed by atoms with Gasteiger partial charge in [-0.3, -0.25) is 4.98 Å². The minimum atomic E-state index is -0.347. The first-order valence-electron chi connectivity index (χ1n) is 5.37. The van der Waals surface area contributed by atoms with Gasteiger partial charge in [-0.25, -0.2) is 4.39 Å². The monoisotopic (exact) mass is 284 g/mol. The van der Waals surface area contributed by atoms with Gasteiger partial charge in [-0.2, -0.15) is 0 Å². The molecule has 2 aromatic rings. The highest BCUT2D eigenvalue weighted by Crippen LogP contribution is 2.24. The maximum absolute atomic E-state index is 12.8. The number of rotatable bonds is 3. The second-order valence-electron chi connectivity index (χ2n) is 3.96. The molecule has 0 bridgehead atoms. The summed E-state index contributed by atoms with van der Waals surface area (Å²) in [6, 6.07) is 7.45. The highest BCUT2D eigenvalue weighted by molar-refractivity contribution is 6.34. The van der Waals surface area contributed by atoms with Gasteiger partial charge in [0, 0.05) is 6.20 Å². The summed E-state index contributed by atoms with van der Waals surface area (Å²) in [4.78, 5) is 4.13. The Hall–Kier alpha value is -1.16. The Morgan fingerprint density at radius 3 is 2.50 bits per heavy atom. The first kappa shape index (κ1) is 13.3. The second kappa shape index (κ2) is 5.65. The molecule has 2 nitrogen and oxygen atoms in total. The molecule has 0 saturated heterocycles. The highest BCUT2D eigenvalue weighted by atomic mass is 35.5. The fourth-order valence-corrected chi connectivity index (χ4v) is 2.19. The molecule has 0 spiro atoms. The van der Waals surface area contributed by atoms with Crippen LogP contribution in [0.5, 0.6) is 0 Å². The normalized spacial score (nSPS) is 12.4. The van der Waals surface area contributed by atoms with Gasteiger partial charge in [-0.1, -0.05) is 35.3 Å². The van der Waals surface area contributed by atoms with E-state index in [4.69, 9.17) is 28.9 Å². The van der Waals surface area contributed by atoms with Crippen molar-refractivity contribution in [1.29, 1.82) is 0 Å². The lowest BCUT2D eigenvalue weighted by Crippen LogP contribution is -2.15. The molecule has 2 rings (SSSR count). The van der Waals surface area contributed by atoms with Gasteiger partial charge in [0.2, 0.25) is 0 Å². The van der Waals surface area contributed by atoms with E-state index in [1.807, 2.05) is 0 Å². The van der Waals surface area contributed by atoms with Crippen LogP contribution in [0.3, 0.4) is 0 Å². The lowest BCUT2D eigenvalue weighted by molar-refractivity contribution is 0.625. The minimum Gasteiger partial charge on any atom is -0.322 e. The molecule has 18 heavy (non-hydrogen) atoms. The third-order valence-corrected chi connectivity index (χ3v) is 3.07. The van der Waals surface area contributed by atoms with Crippen LogP contribution < -0.4 is 5.73 Å². The summed E-state index contributed by atoms with van der Waals surface area (Å²) in [5, 5.41) is 0.912. The van der Waals surface area contributed by atoms with Gasteiger partial charge in [0.1, 0.15) is 5.82 Å². The molecular weight excluding hydrogens is 274 g/mol. The Balaban J connectivity index is 2.16. The number of halogens is 3. The van der Waals surface area contributed by atoms with Crippen molar-refractivity contribution in [1.82, 2.24) is 4.98 Å². The van der Waals surface area contributed by atoms with Crippen molar-refractivity contribution in [2.45, 2.75) is 12.5 Å². The zero-order valence-electron chi connectivity index (χ0n) is 9.41. The van der Waals surface area contributed by atoms with E-state index in [0.29, 0.717) is 22.2 Å². The van der Waals surface area contributed by atoms with Gasteiger partial charge in [-0.05, 0) is 30.2 Å². The molecule has 1 atom stereocenters. The maximum Gasteiger partial charge on any atom is 0.123 e. The van der Waals surface area contributed by atoms with E-state index in [1.165, 1.54) is 18.3 Å². The van der Waals surface area contributed by atoms with E-state index in [2.05, 4.69) is 4.98 Å². The standard InChI is InChI=1S/C13H11Cl2FN2/c14-9-6-11(15)13(18-7-9)12(17)5-8-1-3-10(16)4-2-8/h1-4,6-7,12H,5,17H2. The third-order valence-electron chi connectivity index (χ3n) is 2.56. The van der Waals surface area contributed by atoms with Crippen LogP contribution in [0.2, 0.25) is 10.0 Å². The van der Waals surface area contributed by atoms with Gasteiger partial charge >= 0.3 is 0 Å². The maximum atomic E-state index is 12.8. The number of hydrogen-bond donors (Lipinski definition) is 1. The fraction of sp³-hybridized carbons (Fsp3) is 0.154. The van der Waals surface area contributed by atoms with Crippen molar-refractivity contribution in [3.8, 4) is 0 Å². The summed E-state index contributed by atoms with van der Waals surface area (Å²) in [5.74, 6) is -0.269. The van der Waals surface area contributed by atoms with E-state index in [-0.39, 0.29) is 11.9 Å². The van der Waals surface area contributed by atoms with Crippen molar-refractivity contribution in [2.24, 2.45) is 5.73 Å². The predicted octanol–water partition coefficient (Wildman–Crippen LogP) is 3.77. The van der Waals surface area contributed by atoms with Crippen molar-refractivity contribution in [3.05, 3.63) is 63.6 Å². The van der Waals surface area contributed by atoms with Crippen LogP contribution in [0, 0.1) is 5.82 Å². The Kier molecular flexibility index (Phi) is 4.17. The number of aromatic nitrogens is 1. The van der Waals surface area contributed by atoms with Gasteiger partial charge in [0.25, 0.3) is 0 Å². The van der Waals surface area contributed by atoms with E-state index >= 15 is 0 Å². The topological polar surface area (TPSA) is 38.9 Å². The van der Waals surface area contributed by atoms with Gasteiger partial charge in [-0.15, -0.1) is 0 Å². The first-order chi connectivity index (χ1) is 8.56. The predicted molar refractivity (Wildman–Crippen MR) is 71.3 cm³/mol. The van der Waals surface area contributed by atoms with Crippen molar-refractivity contribution in [2.75, 3.05) is 0 Å². The lowest BCUT2D eigenvalue weighted by Gasteiger charge is -2.12. The Morgan fingerprint density at radius 2 is 1.89 bits per heavy atom. The molecule has 5 heteroatoms. The fourth-order valence-electron chi connectivity index (χ4n) is 1.67. The number of pyridine rings is 1. The summed E-state index contributed by atoms with van der Waals surface area (Å²) in [6.45, 7) is 0. The molecule has 0 aliphatic carbocycles. The summed E-state index contributed by atoms with van der Waals surface area (Å²) in [7, 11) is 0. The Labute approximate surface area is 115 Å². The number of benzene rings is 1. The number of nitrogens with zero attached hydrogens (tertiary/aromatic N) is 1. The smallest absolute Gasteiger partial charge is 0.123 e. The van der Waals surface area contributed by atoms with Crippen LogP contribution in [0.1, 0.15) is 17.3 Å². The molecule has 2 N–H and O–H groups in total. The number of hydrogen-bond acceptors (Lipinski definition) is 2. The van der Waals surface area contributed by atoms with Crippen LogP contribution in [0.25, 0.3) is 0 Å². The molecule has 0 amide bonds. The van der Waals surface area contributed by atoms with E-state index < -0.39 is 0 Å². The van der Waals surface area contributed by atoms with Gasteiger partial charge in [0.15, 0.2) is 0 Å². The van der Waals surface area contributed by atoms with Crippen LogP contribution in [0.15, 0.2) is 36.5 Å². The molecule has 1 heterocycles. The molecule has 1 aromatic carbocycles. The molecule has 1 unspecified atom stereocenters. The van der Waals surface area contributed by atoms with Crippen LogP contribution in [0.4, 0.5) is 4.39 Å². The van der Waals surface area contributed by atoms with E-state index in [0.717, 1.165) is 5.56 Å². The summed E-state index contributed by atoms with van der Waals surface area (Å²) in [5.41, 5.74) is 7.55. The SMILES string of the molecule is NC(Cc1ccc(F)cc1)c1ncc(Cl)cc1Cl. The molecule has 0 radical (unpaired) electrons. The summed E-state index contributed by atoms with van der Waals surface area (Å²) < 4.78 is 12.8. The van der Waals surface area contributed by atoms with Crippen molar-refractivity contribution >= 4 is 23.2 Å². The third kappa shape index (κ3) is 3.19. The molecule has 0 aliphatic rings. The molecule has 0 aliphatic heterocycles. The van der Waals surface area contributed by atoms with Gasteiger partial charge < -0.3 is 5.73 Å².